The Balaban J connectivity index is 1.52. The number of hydrogen-bond donors (Lipinski definition) is 1. The van der Waals surface area contributed by atoms with E-state index in [1.165, 1.54) is 24.1 Å². The first-order valence-corrected chi connectivity index (χ1v) is 9.11. The molecule has 0 amide bonds. The highest BCUT2D eigenvalue weighted by Crippen LogP contribution is 2.22. The highest BCUT2D eigenvalue weighted by molar-refractivity contribution is 6.30. The minimum atomic E-state index is 0.446. The van der Waals surface area contributed by atoms with Crippen molar-refractivity contribution in [1.29, 1.82) is 0 Å². The number of rotatable bonds is 4. The van der Waals surface area contributed by atoms with Crippen LogP contribution in [-0.4, -0.2) is 25.1 Å². The van der Waals surface area contributed by atoms with E-state index >= 15 is 0 Å². The summed E-state index contributed by atoms with van der Waals surface area (Å²) >= 11 is 6.05. The lowest BCUT2D eigenvalue weighted by Gasteiger charge is -2.17. The molecule has 3 aromatic rings. The van der Waals surface area contributed by atoms with Gasteiger partial charge in [0.1, 0.15) is 5.82 Å². The molecule has 0 radical (unpaired) electrons. The Morgan fingerprint density at radius 3 is 2.88 bits per heavy atom. The molecule has 2 aromatic heterocycles. The van der Waals surface area contributed by atoms with Crippen LogP contribution in [0.4, 0.5) is 5.95 Å². The fourth-order valence-corrected chi connectivity index (χ4v) is 3.44. The van der Waals surface area contributed by atoms with Crippen LogP contribution in [0.3, 0.4) is 0 Å². The number of fused-ring (bicyclic) bond motifs is 1. The molecule has 132 valence electrons. The zero-order valence-corrected chi connectivity index (χ0v) is 15.3. The van der Waals surface area contributed by atoms with E-state index in [0.29, 0.717) is 23.2 Å². The number of halogens is 1. The average Bonchev–Trinajstić information content (AvgIpc) is 2.67. The molecule has 0 atom stereocenters. The molecule has 7 heteroatoms. The van der Waals surface area contributed by atoms with Gasteiger partial charge in [0.2, 0.25) is 5.95 Å². The minimum absolute atomic E-state index is 0.446. The Hall–Kier alpha value is -2.60. The van der Waals surface area contributed by atoms with E-state index in [9.17, 15) is 0 Å². The van der Waals surface area contributed by atoms with Gasteiger partial charge in [0, 0.05) is 22.0 Å². The van der Waals surface area contributed by atoms with Crippen LogP contribution in [0.15, 0.2) is 30.5 Å². The molecule has 1 aliphatic carbocycles. The second kappa shape index (κ2) is 7.33. The molecular formula is C19H19ClN6. The van der Waals surface area contributed by atoms with Gasteiger partial charge in [-0.05, 0) is 50.3 Å². The van der Waals surface area contributed by atoms with E-state index in [0.717, 1.165) is 29.9 Å². The van der Waals surface area contributed by atoms with Crippen molar-refractivity contribution in [3.8, 4) is 11.3 Å². The third kappa shape index (κ3) is 3.65. The first-order chi connectivity index (χ1) is 12.7. The van der Waals surface area contributed by atoms with Crippen LogP contribution in [0.5, 0.6) is 0 Å². The molecule has 2 heterocycles. The summed E-state index contributed by atoms with van der Waals surface area (Å²) in [5.74, 6) is 1.21. The van der Waals surface area contributed by atoms with Crippen molar-refractivity contribution in [2.45, 2.75) is 39.2 Å². The van der Waals surface area contributed by atoms with Crippen LogP contribution in [0.2, 0.25) is 5.02 Å². The molecule has 0 saturated carbocycles. The Morgan fingerprint density at radius 2 is 2.00 bits per heavy atom. The lowest BCUT2D eigenvalue weighted by Crippen LogP contribution is -2.15. The maximum Gasteiger partial charge on any atom is 0.243 e. The monoisotopic (exact) mass is 366 g/mol. The summed E-state index contributed by atoms with van der Waals surface area (Å²) < 4.78 is 0. The molecule has 6 nitrogen and oxygen atoms in total. The summed E-state index contributed by atoms with van der Waals surface area (Å²) in [7, 11) is 0. The summed E-state index contributed by atoms with van der Waals surface area (Å²) in [5.41, 5.74) is 5.20. The molecule has 1 N–H and O–H groups in total. The van der Waals surface area contributed by atoms with E-state index in [-0.39, 0.29) is 0 Å². The van der Waals surface area contributed by atoms with E-state index in [4.69, 9.17) is 16.6 Å². The Labute approximate surface area is 157 Å². The number of benzene rings is 1. The lowest BCUT2D eigenvalue weighted by atomic mass is 9.95. The van der Waals surface area contributed by atoms with Crippen molar-refractivity contribution >= 4 is 17.5 Å². The first kappa shape index (κ1) is 16.8. The fourth-order valence-electron chi connectivity index (χ4n) is 3.25. The SMILES string of the molecule is Cc1nc(CNc2nncc(-c3cccc(Cl)c3)n2)nc2c1CCCC2. The highest BCUT2D eigenvalue weighted by Gasteiger charge is 2.15. The Kier molecular flexibility index (Phi) is 4.75. The zero-order valence-electron chi connectivity index (χ0n) is 14.5. The van der Waals surface area contributed by atoms with Gasteiger partial charge in [-0.15, -0.1) is 5.10 Å². The maximum atomic E-state index is 6.05. The van der Waals surface area contributed by atoms with Gasteiger partial charge >= 0.3 is 0 Å². The summed E-state index contributed by atoms with van der Waals surface area (Å²) in [6, 6.07) is 7.51. The molecule has 0 aliphatic heterocycles. The highest BCUT2D eigenvalue weighted by atomic mass is 35.5. The fraction of sp³-hybridized carbons (Fsp3) is 0.316. The number of anilines is 1. The molecule has 0 spiro atoms. The van der Waals surface area contributed by atoms with Gasteiger partial charge in [-0.25, -0.2) is 15.0 Å². The van der Waals surface area contributed by atoms with Crippen molar-refractivity contribution < 1.29 is 0 Å². The molecule has 0 fully saturated rings. The normalized spacial score (nSPS) is 13.3. The number of aromatic nitrogens is 5. The number of aryl methyl sites for hydroxylation is 2. The molecule has 0 bridgehead atoms. The lowest BCUT2D eigenvalue weighted by molar-refractivity contribution is 0.648. The van der Waals surface area contributed by atoms with Crippen molar-refractivity contribution in [2.75, 3.05) is 5.32 Å². The van der Waals surface area contributed by atoms with Gasteiger partial charge in [0.05, 0.1) is 18.4 Å². The van der Waals surface area contributed by atoms with Crippen molar-refractivity contribution in [3.63, 3.8) is 0 Å². The summed E-state index contributed by atoms with van der Waals surface area (Å²) in [6.45, 7) is 2.53. The van der Waals surface area contributed by atoms with Crippen LogP contribution in [0.1, 0.15) is 35.6 Å². The van der Waals surface area contributed by atoms with Gasteiger partial charge < -0.3 is 5.32 Å². The summed E-state index contributed by atoms with van der Waals surface area (Å²) in [6.07, 6.45) is 6.17. The Bertz CT molecular complexity index is 943. The third-order valence-corrected chi connectivity index (χ3v) is 4.76. The van der Waals surface area contributed by atoms with Gasteiger partial charge in [0.25, 0.3) is 0 Å². The van der Waals surface area contributed by atoms with E-state index in [1.54, 1.807) is 6.20 Å². The molecule has 4 rings (SSSR count). The summed E-state index contributed by atoms with van der Waals surface area (Å²) in [5, 5.41) is 11.9. The average molecular weight is 367 g/mol. The molecular weight excluding hydrogens is 348 g/mol. The quantitative estimate of drug-likeness (QED) is 0.757. The maximum absolute atomic E-state index is 6.05. The molecule has 1 aromatic carbocycles. The molecule has 0 saturated heterocycles. The van der Waals surface area contributed by atoms with Crippen LogP contribution < -0.4 is 5.32 Å². The van der Waals surface area contributed by atoms with E-state index in [2.05, 4.69) is 32.4 Å². The number of nitrogens with zero attached hydrogens (tertiary/aromatic N) is 5. The van der Waals surface area contributed by atoms with Crippen molar-refractivity contribution in [1.82, 2.24) is 25.1 Å². The second-order valence-electron chi connectivity index (χ2n) is 6.39. The van der Waals surface area contributed by atoms with Gasteiger partial charge in [-0.1, -0.05) is 23.7 Å². The zero-order chi connectivity index (χ0) is 17.9. The predicted molar refractivity (Wildman–Crippen MR) is 101 cm³/mol. The Morgan fingerprint density at radius 1 is 1.12 bits per heavy atom. The minimum Gasteiger partial charge on any atom is -0.346 e. The molecule has 26 heavy (non-hydrogen) atoms. The van der Waals surface area contributed by atoms with E-state index < -0.39 is 0 Å². The van der Waals surface area contributed by atoms with Gasteiger partial charge in [-0.2, -0.15) is 5.10 Å². The topological polar surface area (TPSA) is 76.5 Å². The van der Waals surface area contributed by atoms with Crippen LogP contribution in [-0.2, 0) is 19.4 Å². The smallest absolute Gasteiger partial charge is 0.243 e. The van der Waals surface area contributed by atoms with E-state index in [1.807, 2.05) is 24.3 Å². The standard InChI is InChI=1S/C19H19ClN6/c1-12-15-7-2-3-8-16(15)24-18(23-12)11-21-19-25-17(10-22-26-19)13-5-4-6-14(20)9-13/h4-6,9-10H,2-3,7-8,11H2,1H3,(H,21,25,26). The van der Waals surface area contributed by atoms with Gasteiger partial charge in [-0.3, -0.25) is 0 Å². The molecule has 1 aliphatic rings. The predicted octanol–water partition coefficient (Wildman–Crippen LogP) is 3.78. The van der Waals surface area contributed by atoms with Crippen LogP contribution in [0.25, 0.3) is 11.3 Å². The van der Waals surface area contributed by atoms with Gasteiger partial charge in [0.15, 0.2) is 0 Å². The molecule has 0 unspecified atom stereocenters. The third-order valence-electron chi connectivity index (χ3n) is 4.52. The first-order valence-electron chi connectivity index (χ1n) is 8.74. The van der Waals surface area contributed by atoms with Crippen LogP contribution in [0, 0.1) is 6.92 Å². The number of hydrogen-bond acceptors (Lipinski definition) is 6. The second-order valence-corrected chi connectivity index (χ2v) is 6.82. The largest absolute Gasteiger partial charge is 0.346 e. The van der Waals surface area contributed by atoms with Crippen molar-refractivity contribution in [3.05, 3.63) is 58.3 Å². The van der Waals surface area contributed by atoms with Crippen molar-refractivity contribution in [2.24, 2.45) is 0 Å². The van der Waals surface area contributed by atoms with Crippen LogP contribution >= 0.6 is 11.6 Å². The summed E-state index contributed by atoms with van der Waals surface area (Å²) in [4.78, 5) is 13.9. The number of nitrogens with one attached hydrogen (secondary N) is 1.